The van der Waals surface area contributed by atoms with Crippen LogP contribution in [0, 0.1) is 0 Å². The van der Waals surface area contributed by atoms with Crippen molar-refractivity contribution in [2.75, 3.05) is 20.3 Å². The number of amides is 2. The van der Waals surface area contributed by atoms with Gasteiger partial charge in [-0.3, -0.25) is 9.59 Å². The van der Waals surface area contributed by atoms with E-state index in [1.54, 1.807) is 19.6 Å². The molecule has 4 rings (SSSR count). The second-order valence-electron chi connectivity index (χ2n) is 7.43. The number of morpholine rings is 1. The second-order valence-corrected chi connectivity index (χ2v) is 7.43. The lowest BCUT2D eigenvalue weighted by Gasteiger charge is -2.40. The molecular formula is C21H26N4O4. The summed E-state index contributed by atoms with van der Waals surface area (Å²) in [5.74, 6) is 0.488. The van der Waals surface area contributed by atoms with Gasteiger partial charge in [-0.15, -0.1) is 0 Å². The molecule has 2 heterocycles. The highest BCUT2D eigenvalue weighted by Crippen LogP contribution is 2.39. The summed E-state index contributed by atoms with van der Waals surface area (Å²) >= 11 is 0. The van der Waals surface area contributed by atoms with E-state index in [1.807, 2.05) is 39.9 Å². The monoisotopic (exact) mass is 398 g/mol. The first-order valence-corrected chi connectivity index (χ1v) is 9.97. The fraction of sp³-hybridized carbons (Fsp3) is 0.476. The molecule has 1 saturated carbocycles. The molecule has 0 bridgehead atoms. The van der Waals surface area contributed by atoms with Crippen molar-refractivity contribution in [2.24, 2.45) is 0 Å². The van der Waals surface area contributed by atoms with Gasteiger partial charge in [-0.05, 0) is 37.0 Å². The molecule has 2 aliphatic rings. The maximum atomic E-state index is 12.9. The van der Waals surface area contributed by atoms with Gasteiger partial charge in [0.2, 0.25) is 5.91 Å². The van der Waals surface area contributed by atoms with Gasteiger partial charge in [0.05, 0.1) is 19.5 Å². The van der Waals surface area contributed by atoms with E-state index < -0.39 is 12.1 Å². The predicted molar refractivity (Wildman–Crippen MR) is 105 cm³/mol. The summed E-state index contributed by atoms with van der Waals surface area (Å²) in [7, 11) is 1.61. The number of hydrogen-bond acceptors (Lipinski definition) is 5. The van der Waals surface area contributed by atoms with Crippen molar-refractivity contribution in [3.8, 4) is 5.75 Å². The molecule has 8 nitrogen and oxygen atoms in total. The van der Waals surface area contributed by atoms with Crippen molar-refractivity contribution in [3.63, 3.8) is 0 Å². The molecule has 29 heavy (non-hydrogen) atoms. The molecule has 1 aliphatic heterocycles. The van der Waals surface area contributed by atoms with Crippen LogP contribution in [0.25, 0.3) is 0 Å². The molecule has 2 aromatic rings. The zero-order chi connectivity index (χ0) is 20.2. The Morgan fingerprint density at radius 1 is 1.31 bits per heavy atom. The van der Waals surface area contributed by atoms with Crippen molar-refractivity contribution in [1.82, 2.24) is 19.8 Å². The number of methoxy groups -OCH3 is 1. The summed E-state index contributed by atoms with van der Waals surface area (Å²) < 4.78 is 12.9. The molecule has 1 aliphatic carbocycles. The van der Waals surface area contributed by atoms with Crippen LogP contribution < -0.4 is 10.1 Å². The van der Waals surface area contributed by atoms with Gasteiger partial charge in [0.25, 0.3) is 5.91 Å². The first-order chi connectivity index (χ1) is 14.2. The largest absolute Gasteiger partial charge is 0.497 e. The molecule has 2 fully saturated rings. The second kappa shape index (κ2) is 8.65. The fourth-order valence-corrected chi connectivity index (χ4v) is 3.76. The number of nitrogens with zero attached hydrogens (tertiary/aromatic N) is 3. The first kappa shape index (κ1) is 19.4. The standard InChI is InChI=1S/C21H26N4O4/c1-28-17-7-3-15(4-8-17)19-20(29-13-18(26)25(19)16-5-6-16)21(27)23-9-2-11-24-12-10-22-14-24/h3-4,7-8,10,12,14,16,19-20H,2,5-6,9,11,13H2,1H3,(H,23,27)/t19-,20+/m1/s1. The highest BCUT2D eigenvalue weighted by atomic mass is 16.5. The van der Waals surface area contributed by atoms with E-state index in [0.29, 0.717) is 6.54 Å². The lowest BCUT2D eigenvalue weighted by Crippen LogP contribution is -2.55. The van der Waals surface area contributed by atoms with Crippen LogP contribution in [-0.2, 0) is 20.9 Å². The van der Waals surface area contributed by atoms with Crippen LogP contribution in [0.2, 0.25) is 0 Å². The Kier molecular flexibility index (Phi) is 5.80. The van der Waals surface area contributed by atoms with Crippen LogP contribution >= 0.6 is 0 Å². The minimum absolute atomic E-state index is 0.0579. The third-order valence-electron chi connectivity index (χ3n) is 5.37. The number of carbonyl (C=O) groups is 2. The Balaban J connectivity index is 1.46. The highest BCUT2D eigenvalue weighted by Gasteiger charge is 2.47. The summed E-state index contributed by atoms with van der Waals surface area (Å²) in [6.07, 6.45) is 7.38. The average Bonchev–Trinajstić information content (AvgIpc) is 3.45. The summed E-state index contributed by atoms with van der Waals surface area (Å²) in [6, 6.07) is 7.26. The number of aryl methyl sites for hydroxylation is 1. The number of nitrogens with one attached hydrogen (secondary N) is 1. The molecule has 1 aromatic carbocycles. The molecule has 154 valence electrons. The summed E-state index contributed by atoms with van der Waals surface area (Å²) in [5, 5.41) is 2.97. The lowest BCUT2D eigenvalue weighted by molar-refractivity contribution is -0.165. The first-order valence-electron chi connectivity index (χ1n) is 9.97. The number of benzene rings is 1. The van der Waals surface area contributed by atoms with E-state index in [9.17, 15) is 9.59 Å². The maximum absolute atomic E-state index is 12.9. The Labute approximate surface area is 169 Å². The van der Waals surface area contributed by atoms with Gasteiger partial charge in [0.1, 0.15) is 12.4 Å². The minimum Gasteiger partial charge on any atom is -0.497 e. The normalized spacial score (nSPS) is 21.8. The molecule has 2 atom stereocenters. The van der Waals surface area contributed by atoms with Crippen LogP contribution in [0.1, 0.15) is 30.9 Å². The molecule has 1 N–H and O–H groups in total. The van der Waals surface area contributed by atoms with E-state index in [0.717, 1.165) is 37.1 Å². The SMILES string of the molecule is COc1ccc([C@@H]2[C@@H](C(=O)NCCCn3ccnc3)OCC(=O)N2C2CC2)cc1. The summed E-state index contributed by atoms with van der Waals surface area (Å²) in [4.78, 5) is 31.4. The van der Waals surface area contributed by atoms with Gasteiger partial charge in [0, 0.05) is 31.5 Å². The van der Waals surface area contributed by atoms with E-state index in [2.05, 4.69) is 10.3 Å². The van der Waals surface area contributed by atoms with Crippen molar-refractivity contribution in [1.29, 1.82) is 0 Å². The molecule has 1 saturated heterocycles. The van der Waals surface area contributed by atoms with E-state index >= 15 is 0 Å². The Hall–Kier alpha value is -2.87. The number of carbonyl (C=O) groups excluding carboxylic acids is 2. The molecule has 0 unspecified atom stereocenters. The lowest BCUT2D eigenvalue weighted by atomic mass is 9.96. The molecule has 1 aromatic heterocycles. The predicted octanol–water partition coefficient (Wildman–Crippen LogP) is 1.53. The Morgan fingerprint density at radius 2 is 2.10 bits per heavy atom. The zero-order valence-corrected chi connectivity index (χ0v) is 16.5. The van der Waals surface area contributed by atoms with Crippen LogP contribution in [0.15, 0.2) is 43.0 Å². The fourth-order valence-electron chi connectivity index (χ4n) is 3.76. The number of aromatic nitrogens is 2. The number of imidazole rings is 1. The van der Waals surface area contributed by atoms with Crippen LogP contribution in [0.4, 0.5) is 0 Å². The van der Waals surface area contributed by atoms with Gasteiger partial charge >= 0.3 is 0 Å². The van der Waals surface area contributed by atoms with Gasteiger partial charge in [0.15, 0.2) is 6.10 Å². The maximum Gasteiger partial charge on any atom is 0.251 e. The van der Waals surface area contributed by atoms with Gasteiger partial charge < -0.3 is 24.3 Å². The summed E-state index contributed by atoms with van der Waals surface area (Å²) in [6.45, 7) is 1.25. The van der Waals surface area contributed by atoms with E-state index in [4.69, 9.17) is 9.47 Å². The topological polar surface area (TPSA) is 85.7 Å². The number of hydrogen-bond donors (Lipinski definition) is 1. The third-order valence-corrected chi connectivity index (χ3v) is 5.37. The Morgan fingerprint density at radius 3 is 2.76 bits per heavy atom. The zero-order valence-electron chi connectivity index (χ0n) is 16.5. The van der Waals surface area contributed by atoms with Crippen molar-refractivity contribution in [3.05, 3.63) is 48.5 Å². The van der Waals surface area contributed by atoms with Crippen LogP contribution in [-0.4, -0.2) is 58.7 Å². The molecule has 0 spiro atoms. The third kappa shape index (κ3) is 4.42. The van der Waals surface area contributed by atoms with E-state index in [-0.39, 0.29) is 24.5 Å². The summed E-state index contributed by atoms with van der Waals surface area (Å²) in [5.41, 5.74) is 0.879. The van der Waals surface area contributed by atoms with Gasteiger partial charge in [-0.25, -0.2) is 4.98 Å². The van der Waals surface area contributed by atoms with E-state index in [1.165, 1.54) is 0 Å². The minimum atomic E-state index is -0.727. The van der Waals surface area contributed by atoms with Crippen LogP contribution in [0.5, 0.6) is 5.75 Å². The van der Waals surface area contributed by atoms with Crippen molar-refractivity contribution >= 4 is 11.8 Å². The number of ether oxygens (including phenoxy) is 2. The average molecular weight is 398 g/mol. The quantitative estimate of drug-likeness (QED) is 0.682. The van der Waals surface area contributed by atoms with Gasteiger partial charge in [-0.2, -0.15) is 0 Å². The Bertz CT molecular complexity index is 833. The van der Waals surface area contributed by atoms with Gasteiger partial charge in [-0.1, -0.05) is 12.1 Å². The molecule has 2 amide bonds. The molecular weight excluding hydrogens is 372 g/mol. The smallest absolute Gasteiger partial charge is 0.251 e. The van der Waals surface area contributed by atoms with Crippen molar-refractivity contribution < 1.29 is 19.1 Å². The van der Waals surface area contributed by atoms with Crippen LogP contribution in [0.3, 0.4) is 0 Å². The molecule has 8 heteroatoms. The highest BCUT2D eigenvalue weighted by molar-refractivity contribution is 5.86. The van der Waals surface area contributed by atoms with Crippen molar-refractivity contribution in [2.45, 2.75) is 44.0 Å². The number of rotatable bonds is 8. The molecule has 0 radical (unpaired) electrons.